The maximum Gasteiger partial charge on any atom is 0.435 e. The number of para-hydroxylation sites is 1. The molecule has 148 valence electrons. The van der Waals surface area contributed by atoms with E-state index in [1.165, 1.54) is 13.2 Å². The van der Waals surface area contributed by atoms with Crippen LogP contribution in [-0.2, 0) is 26.2 Å². The van der Waals surface area contributed by atoms with E-state index >= 15 is 0 Å². The fourth-order valence-electron chi connectivity index (χ4n) is 2.62. The third-order valence-electron chi connectivity index (χ3n) is 3.80. The summed E-state index contributed by atoms with van der Waals surface area (Å²) in [5, 5.41) is 9.66. The lowest BCUT2D eigenvalue weighted by molar-refractivity contribution is -0.142. The van der Waals surface area contributed by atoms with Crippen molar-refractivity contribution in [1.82, 2.24) is 20.4 Å². The third kappa shape index (κ3) is 5.90. The highest BCUT2D eigenvalue weighted by molar-refractivity contribution is 5.79. The van der Waals surface area contributed by atoms with Crippen LogP contribution in [0.5, 0.6) is 5.75 Å². The lowest BCUT2D eigenvalue weighted by atomic mass is 10.1. The first-order valence-electron chi connectivity index (χ1n) is 8.59. The predicted octanol–water partition coefficient (Wildman–Crippen LogP) is 2.75. The minimum Gasteiger partial charge on any atom is -0.496 e. The van der Waals surface area contributed by atoms with Gasteiger partial charge in [-0.15, -0.1) is 0 Å². The van der Waals surface area contributed by atoms with E-state index in [-0.39, 0.29) is 12.1 Å². The smallest absolute Gasteiger partial charge is 0.435 e. The van der Waals surface area contributed by atoms with Crippen molar-refractivity contribution in [2.24, 2.45) is 12.0 Å². The topological polar surface area (TPSA) is 63.5 Å². The summed E-state index contributed by atoms with van der Waals surface area (Å²) in [4.78, 5) is 4.25. The standard InChI is InChI=1S/C18H24F3N5O/c1-4-22-17(23-10-9-13-7-5-6-8-15(13)27-3)24-11-14-12-26(2)25-16(14)18(19,20)21/h5-8,12H,4,9-11H2,1-3H3,(H2,22,23,24). The zero-order valence-electron chi connectivity index (χ0n) is 15.6. The van der Waals surface area contributed by atoms with Gasteiger partial charge in [-0.2, -0.15) is 18.3 Å². The van der Waals surface area contributed by atoms with Crippen LogP contribution in [0.1, 0.15) is 23.7 Å². The Kier molecular flexibility index (Phi) is 7.09. The van der Waals surface area contributed by atoms with E-state index < -0.39 is 11.9 Å². The zero-order chi connectivity index (χ0) is 19.9. The number of aromatic nitrogens is 2. The highest BCUT2D eigenvalue weighted by Crippen LogP contribution is 2.30. The quantitative estimate of drug-likeness (QED) is 0.570. The summed E-state index contributed by atoms with van der Waals surface area (Å²) < 4.78 is 45.5. The highest BCUT2D eigenvalue weighted by atomic mass is 19.4. The van der Waals surface area contributed by atoms with E-state index in [0.717, 1.165) is 16.0 Å². The molecule has 0 saturated heterocycles. The molecule has 0 amide bonds. The molecule has 0 radical (unpaired) electrons. The number of aliphatic imine (C=N–C) groups is 1. The highest BCUT2D eigenvalue weighted by Gasteiger charge is 2.36. The number of methoxy groups -OCH3 is 1. The lowest BCUT2D eigenvalue weighted by Crippen LogP contribution is -2.38. The van der Waals surface area contributed by atoms with Gasteiger partial charge in [-0.1, -0.05) is 18.2 Å². The molecule has 2 aromatic rings. The Bertz CT molecular complexity index is 771. The van der Waals surface area contributed by atoms with Crippen LogP contribution in [0.2, 0.25) is 0 Å². The maximum absolute atomic E-state index is 13.0. The second-order valence-electron chi connectivity index (χ2n) is 5.86. The molecule has 6 nitrogen and oxygen atoms in total. The lowest BCUT2D eigenvalue weighted by Gasteiger charge is -2.13. The molecule has 27 heavy (non-hydrogen) atoms. The molecule has 0 aliphatic heterocycles. The van der Waals surface area contributed by atoms with Gasteiger partial charge in [0.1, 0.15) is 5.75 Å². The Morgan fingerprint density at radius 1 is 1.22 bits per heavy atom. The molecule has 1 aromatic carbocycles. The molecule has 0 saturated carbocycles. The number of nitrogens with one attached hydrogen (secondary N) is 2. The van der Waals surface area contributed by atoms with Crippen LogP contribution in [0.4, 0.5) is 13.2 Å². The van der Waals surface area contributed by atoms with Gasteiger partial charge in [0.05, 0.1) is 13.7 Å². The molecule has 0 aliphatic carbocycles. The summed E-state index contributed by atoms with van der Waals surface area (Å²) in [7, 11) is 3.07. The number of rotatable bonds is 7. The first-order chi connectivity index (χ1) is 12.8. The van der Waals surface area contributed by atoms with Gasteiger partial charge in [-0.25, -0.2) is 4.99 Å². The van der Waals surface area contributed by atoms with Gasteiger partial charge in [0, 0.05) is 31.9 Å². The number of guanidine groups is 1. The van der Waals surface area contributed by atoms with Crippen molar-refractivity contribution in [3.8, 4) is 5.75 Å². The molecule has 2 rings (SSSR count). The van der Waals surface area contributed by atoms with E-state index in [4.69, 9.17) is 4.74 Å². The number of nitrogens with zero attached hydrogens (tertiary/aromatic N) is 3. The van der Waals surface area contributed by atoms with Gasteiger partial charge in [0.25, 0.3) is 0 Å². The number of aryl methyl sites for hydroxylation is 1. The van der Waals surface area contributed by atoms with Crippen molar-refractivity contribution >= 4 is 5.96 Å². The Morgan fingerprint density at radius 2 is 1.96 bits per heavy atom. The maximum atomic E-state index is 13.0. The van der Waals surface area contributed by atoms with E-state index in [1.807, 2.05) is 31.2 Å². The third-order valence-corrected chi connectivity index (χ3v) is 3.80. The van der Waals surface area contributed by atoms with E-state index in [2.05, 4.69) is 20.7 Å². The summed E-state index contributed by atoms with van der Waals surface area (Å²) in [6.07, 6.45) is -2.47. The van der Waals surface area contributed by atoms with Crippen LogP contribution in [0, 0.1) is 0 Å². The van der Waals surface area contributed by atoms with Crippen molar-refractivity contribution in [3.05, 3.63) is 47.3 Å². The molecule has 1 heterocycles. The Balaban J connectivity index is 2.03. The van der Waals surface area contributed by atoms with Crippen LogP contribution >= 0.6 is 0 Å². The minimum absolute atomic E-state index is 0.0342. The van der Waals surface area contributed by atoms with Crippen molar-refractivity contribution < 1.29 is 17.9 Å². The number of halogens is 3. The van der Waals surface area contributed by atoms with Crippen molar-refractivity contribution in [2.75, 3.05) is 20.2 Å². The molecule has 2 N–H and O–H groups in total. The predicted molar refractivity (Wildman–Crippen MR) is 97.7 cm³/mol. The van der Waals surface area contributed by atoms with Crippen molar-refractivity contribution in [2.45, 2.75) is 26.1 Å². The van der Waals surface area contributed by atoms with E-state index in [9.17, 15) is 13.2 Å². The second-order valence-corrected chi connectivity index (χ2v) is 5.86. The number of hydrogen-bond acceptors (Lipinski definition) is 3. The fourth-order valence-corrected chi connectivity index (χ4v) is 2.62. The number of hydrogen-bond donors (Lipinski definition) is 2. The van der Waals surface area contributed by atoms with E-state index in [0.29, 0.717) is 25.5 Å². The summed E-state index contributed by atoms with van der Waals surface area (Å²) in [5.74, 6) is 1.25. The molecule has 1 aromatic heterocycles. The minimum atomic E-state index is -4.50. The monoisotopic (exact) mass is 383 g/mol. The molecular weight excluding hydrogens is 359 g/mol. The SMILES string of the molecule is CCNC(=NCc1cn(C)nc1C(F)(F)F)NCCc1ccccc1OC. The summed E-state index contributed by atoms with van der Waals surface area (Å²) in [5.41, 5.74) is 0.167. The van der Waals surface area contributed by atoms with Crippen molar-refractivity contribution in [1.29, 1.82) is 0 Å². The number of alkyl halides is 3. The molecular formula is C18H24F3N5O. The van der Waals surface area contributed by atoms with Crippen LogP contribution in [-0.4, -0.2) is 35.9 Å². The van der Waals surface area contributed by atoms with Gasteiger partial charge < -0.3 is 15.4 Å². The molecule has 0 spiro atoms. The molecule has 0 aliphatic rings. The van der Waals surface area contributed by atoms with Crippen LogP contribution in [0.3, 0.4) is 0 Å². The van der Waals surface area contributed by atoms with Crippen LogP contribution in [0.15, 0.2) is 35.5 Å². The Morgan fingerprint density at radius 3 is 2.63 bits per heavy atom. The zero-order valence-corrected chi connectivity index (χ0v) is 15.6. The second kappa shape index (κ2) is 9.29. The molecule has 0 bridgehead atoms. The van der Waals surface area contributed by atoms with Crippen molar-refractivity contribution in [3.63, 3.8) is 0 Å². The average molecular weight is 383 g/mol. The van der Waals surface area contributed by atoms with Gasteiger partial charge in [0.15, 0.2) is 11.7 Å². The van der Waals surface area contributed by atoms with Gasteiger partial charge >= 0.3 is 6.18 Å². The molecule has 0 atom stereocenters. The van der Waals surface area contributed by atoms with Crippen LogP contribution < -0.4 is 15.4 Å². The molecule has 0 unspecified atom stereocenters. The van der Waals surface area contributed by atoms with E-state index in [1.54, 1.807) is 7.11 Å². The first kappa shape index (κ1) is 20.6. The Labute approximate surface area is 156 Å². The first-order valence-corrected chi connectivity index (χ1v) is 8.59. The van der Waals surface area contributed by atoms with Gasteiger partial charge in [-0.3, -0.25) is 4.68 Å². The largest absolute Gasteiger partial charge is 0.496 e. The van der Waals surface area contributed by atoms with Crippen LogP contribution in [0.25, 0.3) is 0 Å². The number of ether oxygens (including phenoxy) is 1. The van der Waals surface area contributed by atoms with Gasteiger partial charge in [-0.05, 0) is 25.0 Å². The molecule has 0 fully saturated rings. The van der Waals surface area contributed by atoms with Gasteiger partial charge in [0.2, 0.25) is 0 Å². The average Bonchev–Trinajstić information content (AvgIpc) is 3.01. The Hall–Kier alpha value is -2.71. The summed E-state index contributed by atoms with van der Waals surface area (Å²) >= 11 is 0. The summed E-state index contributed by atoms with van der Waals surface area (Å²) in [6.45, 7) is 2.93. The summed E-state index contributed by atoms with van der Waals surface area (Å²) in [6, 6.07) is 7.68. The fraction of sp³-hybridized carbons (Fsp3) is 0.444. The number of benzene rings is 1. The molecule has 9 heteroatoms. The normalized spacial score (nSPS) is 12.1.